The number of nitrogens with zero attached hydrogens (tertiary/aromatic N) is 1. The van der Waals surface area contributed by atoms with Crippen LogP contribution in [0, 0.1) is 0 Å². The van der Waals surface area contributed by atoms with Crippen LogP contribution in [0.4, 0.5) is 0 Å². The van der Waals surface area contributed by atoms with Crippen molar-refractivity contribution in [3.05, 3.63) is 64.6 Å². The fraction of sp³-hybridized carbons (Fsp3) is 0. The van der Waals surface area contributed by atoms with Crippen LogP contribution in [0.2, 0.25) is 10.0 Å². The molecule has 0 spiro atoms. The molecular formula is C18H9Cl2N. The molecule has 0 bridgehead atoms. The van der Waals surface area contributed by atoms with E-state index in [-0.39, 0.29) is 0 Å². The number of hydrogen-bond donors (Lipinski definition) is 0. The minimum Gasteiger partial charge on any atom is -0.308 e. The molecule has 2 aromatic heterocycles. The summed E-state index contributed by atoms with van der Waals surface area (Å²) in [5, 5.41) is 6.46. The molecule has 0 amide bonds. The molecule has 100 valence electrons. The summed E-state index contributed by atoms with van der Waals surface area (Å²) in [6, 6.07) is 18.6. The first kappa shape index (κ1) is 11.7. The van der Waals surface area contributed by atoms with Crippen LogP contribution in [0.5, 0.6) is 0 Å². The second kappa shape index (κ2) is 3.82. The Bertz CT molecular complexity index is 1070. The van der Waals surface area contributed by atoms with Crippen molar-refractivity contribution < 1.29 is 0 Å². The highest BCUT2D eigenvalue weighted by atomic mass is 35.5. The first-order chi connectivity index (χ1) is 10.2. The molecule has 0 aliphatic rings. The molecule has 0 radical (unpaired) electrons. The maximum atomic E-state index is 6.21. The number of halogens is 2. The summed E-state index contributed by atoms with van der Waals surface area (Å²) in [5.74, 6) is 0. The van der Waals surface area contributed by atoms with Crippen LogP contribution in [0.15, 0.2) is 54.6 Å². The number of fused-ring (bicyclic) bond motifs is 6. The molecule has 0 unspecified atom stereocenters. The number of rotatable bonds is 0. The van der Waals surface area contributed by atoms with E-state index >= 15 is 0 Å². The van der Waals surface area contributed by atoms with E-state index in [0.29, 0.717) is 0 Å². The molecule has 3 aromatic carbocycles. The average Bonchev–Trinajstić information content (AvgIpc) is 2.97. The maximum Gasteiger partial charge on any atom is 0.0620 e. The summed E-state index contributed by atoms with van der Waals surface area (Å²) in [6.45, 7) is 0. The molecule has 0 N–H and O–H groups in total. The highest BCUT2D eigenvalue weighted by Crippen LogP contribution is 2.39. The van der Waals surface area contributed by atoms with E-state index in [9.17, 15) is 0 Å². The largest absolute Gasteiger partial charge is 0.308 e. The van der Waals surface area contributed by atoms with Gasteiger partial charge in [0.1, 0.15) is 0 Å². The monoisotopic (exact) mass is 309 g/mol. The van der Waals surface area contributed by atoms with Crippen molar-refractivity contribution in [3.63, 3.8) is 0 Å². The van der Waals surface area contributed by atoms with Gasteiger partial charge in [0.05, 0.1) is 16.6 Å². The Labute approximate surface area is 130 Å². The highest BCUT2D eigenvalue weighted by Gasteiger charge is 2.16. The molecular weight excluding hydrogens is 301 g/mol. The van der Waals surface area contributed by atoms with Gasteiger partial charge >= 0.3 is 0 Å². The topological polar surface area (TPSA) is 4.41 Å². The quantitative estimate of drug-likeness (QED) is 0.323. The Kier molecular flexibility index (Phi) is 2.12. The van der Waals surface area contributed by atoms with Gasteiger partial charge < -0.3 is 4.40 Å². The third kappa shape index (κ3) is 1.38. The minimum absolute atomic E-state index is 0.749. The van der Waals surface area contributed by atoms with E-state index in [0.717, 1.165) is 21.1 Å². The summed E-state index contributed by atoms with van der Waals surface area (Å²) in [7, 11) is 0. The number of hydrogen-bond acceptors (Lipinski definition) is 0. The van der Waals surface area contributed by atoms with Gasteiger partial charge in [0.25, 0.3) is 0 Å². The molecule has 21 heavy (non-hydrogen) atoms. The van der Waals surface area contributed by atoms with Gasteiger partial charge in [-0.2, -0.15) is 0 Å². The normalized spacial score (nSPS) is 12.3. The maximum absolute atomic E-state index is 6.21. The minimum atomic E-state index is 0.749. The molecule has 5 aromatic rings. The standard InChI is InChI=1S/C18H9Cl2N/c19-10-4-6-12-14-2-1-3-15-13-7-5-11(20)9-17(13)21(18(14)15)16(12)8-10/h1-9H. The van der Waals surface area contributed by atoms with Gasteiger partial charge in [-0.15, -0.1) is 0 Å². The lowest BCUT2D eigenvalue weighted by atomic mass is 10.1. The lowest BCUT2D eigenvalue weighted by Gasteiger charge is -1.98. The first-order valence-electron chi connectivity index (χ1n) is 6.77. The summed E-state index contributed by atoms with van der Waals surface area (Å²) in [5.41, 5.74) is 3.50. The summed E-state index contributed by atoms with van der Waals surface area (Å²) in [6.07, 6.45) is 0. The van der Waals surface area contributed by atoms with Gasteiger partial charge in [-0.3, -0.25) is 0 Å². The zero-order valence-corrected chi connectivity index (χ0v) is 12.4. The van der Waals surface area contributed by atoms with Crippen molar-refractivity contribution in [1.82, 2.24) is 4.40 Å². The van der Waals surface area contributed by atoms with Gasteiger partial charge in [-0.25, -0.2) is 0 Å². The van der Waals surface area contributed by atoms with Crippen LogP contribution in [-0.2, 0) is 0 Å². The van der Waals surface area contributed by atoms with Gasteiger partial charge in [-0.1, -0.05) is 53.5 Å². The third-order valence-corrected chi connectivity index (χ3v) is 4.71. The Morgan fingerprint density at radius 2 is 1.14 bits per heavy atom. The van der Waals surface area contributed by atoms with E-state index in [1.54, 1.807) is 0 Å². The molecule has 0 aliphatic carbocycles. The smallest absolute Gasteiger partial charge is 0.0620 e. The zero-order chi connectivity index (χ0) is 14.1. The van der Waals surface area contributed by atoms with Crippen molar-refractivity contribution in [2.75, 3.05) is 0 Å². The lowest BCUT2D eigenvalue weighted by Crippen LogP contribution is -1.80. The van der Waals surface area contributed by atoms with Gasteiger partial charge in [0.15, 0.2) is 0 Å². The average molecular weight is 310 g/mol. The van der Waals surface area contributed by atoms with Crippen molar-refractivity contribution in [3.8, 4) is 0 Å². The number of para-hydroxylation sites is 1. The molecule has 0 saturated carbocycles. The molecule has 3 heteroatoms. The zero-order valence-electron chi connectivity index (χ0n) is 10.9. The van der Waals surface area contributed by atoms with Crippen LogP contribution in [0.1, 0.15) is 0 Å². The fourth-order valence-electron chi connectivity index (χ4n) is 3.42. The highest BCUT2D eigenvalue weighted by molar-refractivity contribution is 6.33. The van der Waals surface area contributed by atoms with Crippen molar-refractivity contribution >= 4 is 61.3 Å². The SMILES string of the molecule is Clc1ccc2c3cccc4c5ccc(Cl)cc5n(c2c1)c34. The number of aromatic nitrogens is 1. The van der Waals surface area contributed by atoms with Crippen molar-refractivity contribution in [1.29, 1.82) is 0 Å². The predicted molar refractivity (Wildman–Crippen MR) is 91.1 cm³/mol. The third-order valence-electron chi connectivity index (χ3n) is 4.24. The van der Waals surface area contributed by atoms with Gasteiger partial charge in [0.2, 0.25) is 0 Å². The lowest BCUT2D eigenvalue weighted by molar-refractivity contribution is 1.37. The Hall–Kier alpha value is -1.96. The van der Waals surface area contributed by atoms with Crippen LogP contribution in [0.25, 0.3) is 38.1 Å². The summed E-state index contributed by atoms with van der Waals surface area (Å²) >= 11 is 12.4. The summed E-state index contributed by atoms with van der Waals surface area (Å²) in [4.78, 5) is 0. The summed E-state index contributed by atoms with van der Waals surface area (Å²) < 4.78 is 2.27. The Balaban J connectivity index is 2.25. The van der Waals surface area contributed by atoms with Crippen molar-refractivity contribution in [2.45, 2.75) is 0 Å². The van der Waals surface area contributed by atoms with E-state index in [1.807, 2.05) is 24.3 Å². The second-order valence-corrected chi connectivity index (χ2v) is 6.23. The first-order valence-corrected chi connectivity index (χ1v) is 7.52. The Morgan fingerprint density at radius 3 is 1.67 bits per heavy atom. The van der Waals surface area contributed by atoms with Crippen LogP contribution < -0.4 is 0 Å². The van der Waals surface area contributed by atoms with Crippen LogP contribution >= 0.6 is 23.2 Å². The molecule has 0 fully saturated rings. The van der Waals surface area contributed by atoms with E-state index < -0.39 is 0 Å². The van der Waals surface area contributed by atoms with Crippen molar-refractivity contribution in [2.24, 2.45) is 0 Å². The van der Waals surface area contributed by atoms with Gasteiger partial charge in [0, 0.05) is 31.6 Å². The molecule has 5 rings (SSSR count). The van der Waals surface area contributed by atoms with Gasteiger partial charge in [-0.05, 0) is 24.3 Å². The van der Waals surface area contributed by atoms with E-state index in [2.05, 4.69) is 34.7 Å². The van der Waals surface area contributed by atoms with E-state index in [4.69, 9.17) is 23.2 Å². The molecule has 2 heterocycles. The molecule has 0 aliphatic heterocycles. The van der Waals surface area contributed by atoms with E-state index in [1.165, 1.54) is 27.1 Å². The Morgan fingerprint density at radius 1 is 0.619 bits per heavy atom. The number of benzene rings is 3. The molecule has 1 nitrogen and oxygen atoms in total. The molecule has 0 atom stereocenters. The van der Waals surface area contributed by atoms with Crippen LogP contribution in [-0.4, -0.2) is 4.40 Å². The fourth-order valence-corrected chi connectivity index (χ4v) is 3.76. The van der Waals surface area contributed by atoms with Crippen LogP contribution in [0.3, 0.4) is 0 Å². The molecule has 0 saturated heterocycles. The predicted octanol–water partition coefficient (Wildman–Crippen LogP) is 6.14. The second-order valence-electron chi connectivity index (χ2n) is 5.36.